The Morgan fingerprint density at radius 1 is 1.33 bits per heavy atom. The average Bonchev–Trinajstić information content (AvgIpc) is 3.02. The normalized spacial score (nSPS) is 12.3. The zero-order chi connectivity index (χ0) is 17.3. The van der Waals surface area contributed by atoms with Gasteiger partial charge < -0.3 is 4.90 Å². The molecule has 2 aromatic heterocycles. The van der Waals surface area contributed by atoms with Crippen LogP contribution >= 0.6 is 11.6 Å². The number of anilines is 1. The van der Waals surface area contributed by atoms with Crippen molar-refractivity contribution in [2.24, 2.45) is 0 Å². The van der Waals surface area contributed by atoms with Crippen LogP contribution < -0.4 is 4.90 Å². The third-order valence-electron chi connectivity index (χ3n) is 3.51. The van der Waals surface area contributed by atoms with Crippen molar-refractivity contribution < 1.29 is 4.21 Å². The topological polar surface area (TPSA) is 87.2 Å². The molecule has 0 fully saturated rings. The molecule has 1 N–H and O–H groups in total. The Hall–Kier alpha value is -2.32. The summed E-state index contributed by atoms with van der Waals surface area (Å²) in [4.78, 5) is 10.9. The Balaban J connectivity index is 2.03. The Bertz CT molecular complexity index is 922. The Morgan fingerprint density at radius 2 is 2.04 bits per heavy atom. The molecule has 0 saturated carbocycles. The fourth-order valence-corrected chi connectivity index (χ4v) is 3.23. The summed E-state index contributed by atoms with van der Waals surface area (Å²) in [5, 5.41) is 11.7. The number of benzene rings is 1. The van der Waals surface area contributed by atoms with E-state index in [1.807, 2.05) is 31.1 Å². The minimum Gasteiger partial charge on any atom is -0.362 e. The minimum absolute atomic E-state index is 0.381. The van der Waals surface area contributed by atoms with Crippen LogP contribution in [-0.4, -0.2) is 43.4 Å². The van der Waals surface area contributed by atoms with E-state index in [1.165, 1.54) is 6.33 Å². The summed E-state index contributed by atoms with van der Waals surface area (Å²) in [5.74, 6) is 1.26. The predicted octanol–water partition coefficient (Wildman–Crippen LogP) is 2.15. The molecule has 2 heterocycles. The maximum atomic E-state index is 11.6. The van der Waals surface area contributed by atoms with E-state index in [4.69, 9.17) is 17.0 Å². The first-order valence-corrected chi connectivity index (χ1v) is 8.66. The molecule has 1 atom stereocenters. The van der Waals surface area contributed by atoms with Crippen molar-refractivity contribution in [1.82, 2.24) is 19.6 Å². The van der Waals surface area contributed by atoms with Crippen LogP contribution in [0, 0.1) is 5.41 Å². The second-order valence-corrected chi connectivity index (χ2v) is 6.97. The second-order valence-electron chi connectivity index (χ2n) is 5.31. The zero-order valence-corrected chi connectivity index (χ0v) is 14.7. The van der Waals surface area contributed by atoms with E-state index in [0.29, 0.717) is 22.2 Å². The summed E-state index contributed by atoms with van der Waals surface area (Å²) < 4.78 is 13.3. The van der Waals surface area contributed by atoms with Gasteiger partial charge in [0.1, 0.15) is 17.3 Å². The Labute approximate surface area is 146 Å². The van der Waals surface area contributed by atoms with E-state index >= 15 is 0 Å². The molecule has 124 valence electrons. The lowest BCUT2D eigenvalue weighted by molar-refractivity contribution is 0.690. The van der Waals surface area contributed by atoms with E-state index in [1.54, 1.807) is 16.6 Å². The zero-order valence-electron chi connectivity index (χ0n) is 13.1. The molecule has 0 bridgehead atoms. The van der Waals surface area contributed by atoms with Gasteiger partial charge in [-0.2, -0.15) is 19.6 Å². The number of halogens is 1. The van der Waals surface area contributed by atoms with E-state index in [2.05, 4.69) is 15.1 Å². The molecule has 0 aliphatic rings. The molecule has 0 saturated heterocycles. The van der Waals surface area contributed by atoms with Crippen LogP contribution in [0.3, 0.4) is 0 Å². The maximum absolute atomic E-state index is 11.6. The highest BCUT2D eigenvalue weighted by molar-refractivity contribution is 7.98. The van der Waals surface area contributed by atoms with Gasteiger partial charge in [0.15, 0.2) is 0 Å². The van der Waals surface area contributed by atoms with Gasteiger partial charge in [0.25, 0.3) is 5.78 Å². The van der Waals surface area contributed by atoms with Gasteiger partial charge in [-0.05, 0) is 17.7 Å². The van der Waals surface area contributed by atoms with Crippen LogP contribution in [0.5, 0.6) is 0 Å². The van der Waals surface area contributed by atoms with Gasteiger partial charge in [-0.1, -0.05) is 23.7 Å². The van der Waals surface area contributed by atoms with Gasteiger partial charge in [-0.25, -0.2) is 4.21 Å². The van der Waals surface area contributed by atoms with Gasteiger partial charge in [-0.3, -0.25) is 5.41 Å². The largest absolute Gasteiger partial charge is 0.362 e. The monoisotopic (exact) mass is 362 g/mol. The van der Waals surface area contributed by atoms with Gasteiger partial charge in [0.2, 0.25) is 0 Å². The standard InChI is InChI=1S/C15H15ClN6OS/c1-21(2)14-12(13(16)20-15-18-9-19-22(14)15)7-10-3-5-11(6-4-10)24(23)8-17/h3-6,8-9,17H,7H2,1-2H3. The number of nitrogens with zero attached hydrogens (tertiary/aromatic N) is 5. The van der Waals surface area contributed by atoms with Crippen molar-refractivity contribution in [3.8, 4) is 0 Å². The molecule has 9 heteroatoms. The average molecular weight is 363 g/mol. The van der Waals surface area contributed by atoms with Crippen molar-refractivity contribution >= 4 is 39.5 Å². The summed E-state index contributed by atoms with van der Waals surface area (Å²) >= 11 is 6.37. The number of hydrogen-bond donors (Lipinski definition) is 1. The first-order chi connectivity index (χ1) is 11.5. The van der Waals surface area contributed by atoms with E-state index in [-0.39, 0.29) is 0 Å². The summed E-state index contributed by atoms with van der Waals surface area (Å²) in [6, 6.07) is 7.25. The van der Waals surface area contributed by atoms with Crippen LogP contribution in [0.4, 0.5) is 5.82 Å². The summed E-state index contributed by atoms with van der Waals surface area (Å²) in [6.45, 7) is 0. The molecule has 3 rings (SSSR count). The molecule has 1 aromatic carbocycles. The summed E-state index contributed by atoms with van der Waals surface area (Å²) in [5.41, 5.74) is 2.74. The van der Waals surface area contributed by atoms with Crippen LogP contribution in [0.15, 0.2) is 35.5 Å². The third kappa shape index (κ3) is 3.02. The van der Waals surface area contributed by atoms with E-state index in [0.717, 1.165) is 22.5 Å². The number of rotatable bonds is 5. The maximum Gasteiger partial charge on any atom is 0.255 e. The molecule has 0 radical (unpaired) electrons. The smallest absolute Gasteiger partial charge is 0.255 e. The molecule has 1 unspecified atom stereocenters. The molecular weight excluding hydrogens is 348 g/mol. The molecule has 24 heavy (non-hydrogen) atoms. The lowest BCUT2D eigenvalue weighted by Gasteiger charge is -2.19. The first-order valence-electron chi connectivity index (χ1n) is 7.07. The van der Waals surface area contributed by atoms with Crippen LogP contribution in [0.1, 0.15) is 11.1 Å². The first kappa shape index (κ1) is 16.5. The van der Waals surface area contributed by atoms with Crippen molar-refractivity contribution in [2.45, 2.75) is 11.3 Å². The van der Waals surface area contributed by atoms with E-state index in [9.17, 15) is 4.21 Å². The molecule has 0 aliphatic carbocycles. The lowest BCUT2D eigenvalue weighted by Crippen LogP contribution is -2.18. The highest BCUT2D eigenvalue weighted by Gasteiger charge is 2.17. The molecule has 0 amide bonds. The fraction of sp³-hybridized carbons (Fsp3) is 0.200. The molecule has 0 aliphatic heterocycles. The SMILES string of the molecule is CN(C)c1c(Cc2ccc(S(=O)C=N)cc2)c(Cl)nc2ncnn12. The quantitative estimate of drug-likeness (QED) is 0.427. The van der Waals surface area contributed by atoms with Crippen molar-refractivity contribution in [3.05, 3.63) is 46.9 Å². The highest BCUT2D eigenvalue weighted by atomic mass is 35.5. The predicted molar refractivity (Wildman–Crippen MR) is 94.6 cm³/mol. The highest BCUT2D eigenvalue weighted by Crippen LogP contribution is 2.28. The van der Waals surface area contributed by atoms with Gasteiger partial charge >= 0.3 is 0 Å². The van der Waals surface area contributed by atoms with Crippen LogP contribution in [-0.2, 0) is 17.2 Å². The van der Waals surface area contributed by atoms with Crippen molar-refractivity contribution in [2.75, 3.05) is 19.0 Å². The number of fused-ring (bicyclic) bond motifs is 1. The van der Waals surface area contributed by atoms with Crippen LogP contribution in [0.25, 0.3) is 5.78 Å². The van der Waals surface area contributed by atoms with Gasteiger partial charge in [-0.15, -0.1) is 0 Å². The third-order valence-corrected chi connectivity index (χ3v) is 4.78. The minimum atomic E-state index is -1.40. The molecule has 3 aromatic rings. The number of hydrogen-bond acceptors (Lipinski definition) is 6. The Kier molecular flexibility index (Phi) is 4.59. The fourth-order valence-electron chi connectivity index (χ4n) is 2.46. The number of nitrogens with one attached hydrogen (secondary N) is 1. The molecule has 0 spiro atoms. The summed E-state index contributed by atoms with van der Waals surface area (Å²) in [6.07, 6.45) is 1.99. The summed E-state index contributed by atoms with van der Waals surface area (Å²) in [7, 11) is 2.42. The second kappa shape index (κ2) is 6.66. The van der Waals surface area contributed by atoms with E-state index < -0.39 is 10.8 Å². The number of aromatic nitrogens is 4. The van der Waals surface area contributed by atoms with Crippen LogP contribution in [0.2, 0.25) is 5.15 Å². The van der Waals surface area contributed by atoms with Gasteiger partial charge in [0, 0.05) is 31.0 Å². The Morgan fingerprint density at radius 3 is 2.67 bits per heavy atom. The molecular formula is C15H15ClN6OS. The van der Waals surface area contributed by atoms with Gasteiger partial charge in [0.05, 0.1) is 16.3 Å². The van der Waals surface area contributed by atoms with Crippen molar-refractivity contribution in [1.29, 1.82) is 5.41 Å². The molecule has 7 nitrogen and oxygen atoms in total. The van der Waals surface area contributed by atoms with Crippen molar-refractivity contribution in [3.63, 3.8) is 0 Å². The lowest BCUT2D eigenvalue weighted by atomic mass is 10.1.